The highest BCUT2D eigenvalue weighted by molar-refractivity contribution is 5.87. The smallest absolute Gasteiger partial charge is 0.407 e. The minimum Gasteiger partial charge on any atom is -0.459 e. The van der Waals surface area contributed by atoms with E-state index in [1.807, 2.05) is 6.92 Å². The average molecular weight is 443 g/mol. The van der Waals surface area contributed by atoms with Gasteiger partial charge in [-0.25, -0.2) is 19.2 Å². The molecule has 0 aliphatic heterocycles. The first-order valence-corrected chi connectivity index (χ1v) is 10.1. The molecule has 1 unspecified atom stereocenters. The lowest BCUT2D eigenvalue weighted by Crippen LogP contribution is -2.28. The standard InChI is InChI=1S/C21H34N2O8/c1-15(2)18(24)28-11-13-30-20(26)22-9-6-7-17(5)8-10-23-21(27)31-14-12-29-19(25)16(3)4/h17H,1,3,6-14H2,2,4-5H3,(H,22,26)(H,23,27). The van der Waals surface area contributed by atoms with E-state index in [0.717, 1.165) is 19.3 Å². The predicted molar refractivity (Wildman–Crippen MR) is 113 cm³/mol. The van der Waals surface area contributed by atoms with Gasteiger partial charge >= 0.3 is 24.1 Å². The van der Waals surface area contributed by atoms with Gasteiger partial charge in [-0.3, -0.25) is 0 Å². The van der Waals surface area contributed by atoms with Crippen LogP contribution in [0, 0.1) is 5.92 Å². The molecule has 0 saturated carbocycles. The van der Waals surface area contributed by atoms with Crippen molar-refractivity contribution in [3.63, 3.8) is 0 Å². The topological polar surface area (TPSA) is 129 Å². The third kappa shape index (κ3) is 16.4. The molecule has 0 aliphatic carbocycles. The second kappa shape index (κ2) is 16.7. The second-order valence-electron chi connectivity index (χ2n) is 6.99. The summed E-state index contributed by atoms with van der Waals surface area (Å²) in [7, 11) is 0. The van der Waals surface area contributed by atoms with Crippen LogP contribution in [-0.4, -0.2) is 63.6 Å². The van der Waals surface area contributed by atoms with Gasteiger partial charge in [-0.2, -0.15) is 0 Å². The maximum absolute atomic E-state index is 11.5. The number of esters is 2. The van der Waals surface area contributed by atoms with Crippen molar-refractivity contribution in [3.05, 3.63) is 24.3 Å². The third-order valence-corrected chi connectivity index (χ3v) is 3.85. The van der Waals surface area contributed by atoms with Gasteiger partial charge in [0.05, 0.1) is 0 Å². The monoisotopic (exact) mass is 442 g/mol. The number of amides is 2. The lowest BCUT2D eigenvalue weighted by Gasteiger charge is -2.13. The predicted octanol–water partition coefficient (Wildman–Crippen LogP) is 2.48. The summed E-state index contributed by atoms with van der Waals surface area (Å²) in [6.45, 7) is 12.8. The van der Waals surface area contributed by atoms with Gasteiger partial charge in [0.15, 0.2) is 0 Å². The van der Waals surface area contributed by atoms with E-state index in [1.165, 1.54) is 13.8 Å². The Labute approximate surface area is 183 Å². The van der Waals surface area contributed by atoms with E-state index in [0.29, 0.717) is 19.0 Å². The molecule has 0 rings (SSSR count). The fraction of sp³-hybridized carbons (Fsp3) is 0.619. The Morgan fingerprint density at radius 1 is 0.710 bits per heavy atom. The molecule has 0 aromatic rings. The van der Waals surface area contributed by atoms with Gasteiger partial charge in [0, 0.05) is 24.2 Å². The molecule has 0 bridgehead atoms. The van der Waals surface area contributed by atoms with Crippen molar-refractivity contribution in [2.45, 2.75) is 40.0 Å². The molecule has 1 atom stereocenters. The highest BCUT2D eigenvalue weighted by Crippen LogP contribution is 2.08. The van der Waals surface area contributed by atoms with Crippen molar-refractivity contribution in [2.75, 3.05) is 39.5 Å². The number of hydrogen-bond acceptors (Lipinski definition) is 8. The van der Waals surface area contributed by atoms with Crippen LogP contribution in [0.2, 0.25) is 0 Å². The number of alkyl carbamates (subject to hydrolysis) is 2. The number of ether oxygens (including phenoxy) is 4. The number of rotatable bonds is 15. The molecule has 10 nitrogen and oxygen atoms in total. The van der Waals surface area contributed by atoms with Crippen LogP contribution < -0.4 is 10.6 Å². The first kappa shape index (κ1) is 28.0. The molecule has 2 amide bonds. The van der Waals surface area contributed by atoms with Crippen molar-refractivity contribution >= 4 is 24.1 Å². The molecule has 0 fully saturated rings. The van der Waals surface area contributed by atoms with Crippen LogP contribution in [0.25, 0.3) is 0 Å². The highest BCUT2D eigenvalue weighted by Gasteiger charge is 2.08. The van der Waals surface area contributed by atoms with E-state index < -0.39 is 24.1 Å². The summed E-state index contributed by atoms with van der Waals surface area (Å²) in [4.78, 5) is 45.3. The van der Waals surface area contributed by atoms with Gasteiger partial charge in [0.1, 0.15) is 26.4 Å². The first-order valence-electron chi connectivity index (χ1n) is 10.1. The van der Waals surface area contributed by atoms with Crippen LogP contribution in [-0.2, 0) is 28.5 Å². The molecule has 2 N–H and O–H groups in total. The maximum Gasteiger partial charge on any atom is 0.407 e. The summed E-state index contributed by atoms with van der Waals surface area (Å²) in [6, 6.07) is 0. The zero-order chi connectivity index (χ0) is 23.6. The molecule has 176 valence electrons. The molecule has 0 saturated heterocycles. The van der Waals surface area contributed by atoms with Crippen LogP contribution >= 0.6 is 0 Å². The average Bonchev–Trinajstić information content (AvgIpc) is 2.71. The van der Waals surface area contributed by atoms with Crippen LogP contribution in [0.1, 0.15) is 40.0 Å². The van der Waals surface area contributed by atoms with E-state index in [4.69, 9.17) is 18.9 Å². The molecule has 0 aromatic heterocycles. The molecule has 0 aromatic carbocycles. The second-order valence-corrected chi connectivity index (χ2v) is 6.99. The molecule has 0 aliphatic rings. The summed E-state index contributed by atoms with van der Waals surface area (Å²) in [6.07, 6.45) is 1.20. The molecule has 10 heteroatoms. The van der Waals surface area contributed by atoms with Crippen molar-refractivity contribution in [2.24, 2.45) is 5.92 Å². The zero-order valence-corrected chi connectivity index (χ0v) is 18.6. The van der Waals surface area contributed by atoms with E-state index in [-0.39, 0.29) is 37.6 Å². The third-order valence-electron chi connectivity index (χ3n) is 3.85. The molecule has 0 heterocycles. The minimum absolute atomic E-state index is 0.0226. The van der Waals surface area contributed by atoms with Crippen molar-refractivity contribution in [1.29, 1.82) is 0 Å². The van der Waals surface area contributed by atoms with Gasteiger partial charge in [-0.1, -0.05) is 20.1 Å². The van der Waals surface area contributed by atoms with Gasteiger partial charge < -0.3 is 29.6 Å². The fourth-order valence-corrected chi connectivity index (χ4v) is 2.09. The zero-order valence-electron chi connectivity index (χ0n) is 18.6. The molecular weight excluding hydrogens is 408 g/mol. The van der Waals surface area contributed by atoms with Crippen molar-refractivity contribution in [1.82, 2.24) is 10.6 Å². The van der Waals surface area contributed by atoms with Crippen LogP contribution in [0.15, 0.2) is 24.3 Å². The van der Waals surface area contributed by atoms with E-state index in [1.54, 1.807) is 0 Å². The van der Waals surface area contributed by atoms with Crippen LogP contribution in [0.5, 0.6) is 0 Å². The lowest BCUT2D eigenvalue weighted by molar-refractivity contribution is -0.140. The Balaban J connectivity index is 3.61. The highest BCUT2D eigenvalue weighted by atomic mass is 16.6. The number of hydrogen-bond donors (Lipinski definition) is 2. The largest absolute Gasteiger partial charge is 0.459 e. The molecule has 31 heavy (non-hydrogen) atoms. The number of nitrogens with one attached hydrogen (secondary N) is 2. The number of carbonyl (C=O) groups excluding carboxylic acids is 4. The Morgan fingerprint density at radius 3 is 1.58 bits per heavy atom. The van der Waals surface area contributed by atoms with Crippen molar-refractivity contribution in [3.8, 4) is 0 Å². The van der Waals surface area contributed by atoms with Gasteiger partial charge in [-0.05, 0) is 39.0 Å². The van der Waals surface area contributed by atoms with Crippen LogP contribution in [0.4, 0.5) is 9.59 Å². The van der Waals surface area contributed by atoms with Gasteiger partial charge in [-0.15, -0.1) is 0 Å². The first-order chi connectivity index (χ1) is 14.6. The summed E-state index contributed by atoms with van der Waals surface area (Å²) < 4.78 is 19.4. The summed E-state index contributed by atoms with van der Waals surface area (Å²) >= 11 is 0. The SMILES string of the molecule is C=C(C)C(=O)OCCOC(=O)NCCCC(C)CCNC(=O)OCCOC(=O)C(=C)C. The Kier molecular flexibility index (Phi) is 15.1. The summed E-state index contributed by atoms with van der Waals surface area (Å²) in [5.74, 6) is -0.717. The van der Waals surface area contributed by atoms with E-state index in [2.05, 4.69) is 23.8 Å². The fourth-order valence-electron chi connectivity index (χ4n) is 2.09. The minimum atomic E-state index is -0.572. The normalized spacial score (nSPS) is 10.9. The van der Waals surface area contributed by atoms with Gasteiger partial charge in [0.2, 0.25) is 0 Å². The Hall–Kier alpha value is -3.04. The van der Waals surface area contributed by atoms with Crippen LogP contribution in [0.3, 0.4) is 0 Å². The van der Waals surface area contributed by atoms with Crippen molar-refractivity contribution < 1.29 is 38.1 Å². The number of carbonyl (C=O) groups is 4. The van der Waals surface area contributed by atoms with E-state index in [9.17, 15) is 19.2 Å². The summed E-state index contributed by atoms with van der Waals surface area (Å²) in [5.41, 5.74) is 0.569. The molecule has 0 spiro atoms. The quantitative estimate of drug-likeness (QED) is 0.171. The Morgan fingerprint density at radius 2 is 1.13 bits per heavy atom. The Bertz CT molecular complexity index is 633. The lowest BCUT2D eigenvalue weighted by atomic mass is 10.0. The molecular formula is C21H34N2O8. The van der Waals surface area contributed by atoms with Gasteiger partial charge in [0.25, 0.3) is 0 Å². The molecule has 0 radical (unpaired) electrons. The summed E-state index contributed by atoms with van der Waals surface area (Å²) in [5, 5.41) is 5.24. The van der Waals surface area contributed by atoms with E-state index >= 15 is 0 Å². The maximum atomic E-state index is 11.5.